The van der Waals surface area contributed by atoms with Crippen LogP contribution >= 0.6 is 0 Å². The molecule has 44 heavy (non-hydrogen) atoms. The fraction of sp³-hybridized carbons (Fsp3) is 0.973. The first-order chi connectivity index (χ1) is 21.4. The van der Waals surface area contributed by atoms with Crippen molar-refractivity contribution in [3.8, 4) is 0 Å². The van der Waals surface area contributed by atoms with E-state index in [9.17, 15) is 20.1 Å². The number of esters is 1. The lowest BCUT2D eigenvalue weighted by Gasteiger charge is -2.24. The largest absolute Gasteiger partial charge is 0.460 e. The molecule has 0 radical (unpaired) electrons. The monoisotopic (exact) mass is 624 g/mol. The minimum atomic E-state index is -0.638. The highest BCUT2D eigenvalue weighted by molar-refractivity contribution is 5.75. The summed E-state index contributed by atoms with van der Waals surface area (Å²) in [7, 11) is 0. The van der Waals surface area contributed by atoms with Crippen molar-refractivity contribution in [1.29, 1.82) is 0 Å². The van der Waals surface area contributed by atoms with Gasteiger partial charge in [-0.2, -0.15) is 0 Å². The van der Waals surface area contributed by atoms with E-state index in [4.69, 9.17) is 14.2 Å². The number of hydrogen-bond donors (Lipinski definition) is 3. The first-order valence-electron chi connectivity index (χ1n) is 19.0. The lowest BCUT2D eigenvalue weighted by atomic mass is 9.95. The second-order valence-corrected chi connectivity index (χ2v) is 14.3. The van der Waals surface area contributed by atoms with Gasteiger partial charge in [0.05, 0.1) is 42.5 Å². The Morgan fingerprint density at radius 1 is 0.636 bits per heavy atom. The third-order valence-electron chi connectivity index (χ3n) is 10.6. The first kappa shape index (κ1) is 37.7. The molecule has 0 spiro atoms. The number of carbonyl (C=O) groups excluding carboxylic acids is 1. The summed E-state index contributed by atoms with van der Waals surface area (Å²) in [5, 5.41) is 31.5. The molecule has 0 saturated carbocycles. The molecule has 3 aliphatic heterocycles. The molecule has 7 nitrogen and oxygen atoms in total. The van der Waals surface area contributed by atoms with Crippen LogP contribution in [0.15, 0.2) is 0 Å². The Balaban J connectivity index is 1.11. The maximum absolute atomic E-state index is 11.7. The fourth-order valence-electron chi connectivity index (χ4n) is 7.58. The summed E-state index contributed by atoms with van der Waals surface area (Å²) in [6, 6.07) is 0. The molecule has 9 atom stereocenters. The fourth-order valence-corrected chi connectivity index (χ4v) is 7.58. The van der Waals surface area contributed by atoms with Crippen molar-refractivity contribution in [1.82, 2.24) is 0 Å². The summed E-state index contributed by atoms with van der Waals surface area (Å²) in [5.74, 6) is -0.557. The highest BCUT2D eigenvalue weighted by atomic mass is 16.6. The molecular formula is C37H68O7. The van der Waals surface area contributed by atoms with Gasteiger partial charge in [-0.15, -0.1) is 0 Å². The van der Waals surface area contributed by atoms with E-state index >= 15 is 0 Å². The number of rotatable bonds is 25. The number of unbranched alkanes of at least 4 members (excludes halogenated alkanes) is 16. The highest BCUT2D eigenvalue weighted by Crippen LogP contribution is 2.35. The van der Waals surface area contributed by atoms with Gasteiger partial charge in [0.15, 0.2) is 0 Å². The van der Waals surface area contributed by atoms with Crippen LogP contribution in [0.4, 0.5) is 0 Å². The van der Waals surface area contributed by atoms with Crippen molar-refractivity contribution >= 4 is 5.97 Å². The zero-order valence-electron chi connectivity index (χ0n) is 28.3. The second-order valence-electron chi connectivity index (χ2n) is 14.3. The lowest BCUT2D eigenvalue weighted by molar-refractivity contribution is -0.143. The smallest absolute Gasteiger partial charge is 0.312 e. The topological polar surface area (TPSA) is 105 Å². The van der Waals surface area contributed by atoms with Gasteiger partial charge in [0.1, 0.15) is 12.2 Å². The summed E-state index contributed by atoms with van der Waals surface area (Å²) in [4.78, 5) is 11.7. The van der Waals surface area contributed by atoms with Gasteiger partial charge in [-0.3, -0.25) is 4.79 Å². The van der Waals surface area contributed by atoms with Crippen LogP contribution in [0.25, 0.3) is 0 Å². The van der Waals surface area contributed by atoms with Gasteiger partial charge in [0.2, 0.25) is 0 Å². The Labute approximate surface area is 269 Å². The average molecular weight is 625 g/mol. The third-order valence-corrected chi connectivity index (χ3v) is 10.6. The standard InChI is InChI=1S/C37H68O7/c1-3-4-5-6-7-13-16-19-22-30(38)32-24-26-34(43-32)35-27-25-33(44-35)31(39)23-20-17-14-11-9-8-10-12-15-18-21-29-36(40)28(2)42-37(29)41/h28-36,38-40H,3-27H2,1-2H3/t28-,29-,30-,31+,32+,33+,34+,35+,36-/m0/s1. The van der Waals surface area contributed by atoms with Crippen molar-refractivity contribution < 1.29 is 34.3 Å². The Kier molecular flexibility index (Phi) is 18.8. The van der Waals surface area contributed by atoms with Gasteiger partial charge >= 0.3 is 5.97 Å². The van der Waals surface area contributed by atoms with Crippen LogP contribution in [0, 0.1) is 5.92 Å². The third kappa shape index (κ3) is 13.6. The van der Waals surface area contributed by atoms with Crippen LogP contribution in [0.1, 0.15) is 174 Å². The molecule has 0 bridgehead atoms. The van der Waals surface area contributed by atoms with Crippen molar-refractivity contribution in [3.05, 3.63) is 0 Å². The van der Waals surface area contributed by atoms with Gasteiger partial charge in [-0.05, 0) is 51.9 Å². The molecule has 3 fully saturated rings. The van der Waals surface area contributed by atoms with Crippen LogP contribution in [0.3, 0.4) is 0 Å². The normalized spacial score (nSPS) is 30.2. The maximum atomic E-state index is 11.7. The molecule has 3 heterocycles. The van der Waals surface area contributed by atoms with E-state index in [-0.39, 0.29) is 54.6 Å². The van der Waals surface area contributed by atoms with Gasteiger partial charge in [0.25, 0.3) is 0 Å². The average Bonchev–Trinajstić information content (AvgIpc) is 3.75. The summed E-state index contributed by atoms with van der Waals surface area (Å²) in [5.41, 5.74) is 0. The molecule has 258 valence electrons. The Hall–Kier alpha value is -0.730. The van der Waals surface area contributed by atoms with Crippen LogP contribution < -0.4 is 0 Å². The van der Waals surface area contributed by atoms with Gasteiger partial charge in [-0.1, -0.05) is 122 Å². The molecule has 0 aromatic carbocycles. The zero-order chi connectivity index (χ0) is 31.6. The molecule has 7 heteroatoms. The van der Waals surface area contributed by atoms with Crippen LogP contribution in [-0.2, 0) is 19.0 Å². The lowest BCUT2D eigenvalue weighted by Crippen LogP contribution is -2.33. The SMILES string of the molecule is CCCCCCCCCC[C@H](O)[C@H]1CC[C@H]([C@H]2CC[C@H]([C@H](O)CCCCCCCCCCCC[C@@H]3C(=O)O[C@@H](C)[C@@H]3O)O2)O1. The van der Waals surface area contributed by atoms with Crippen molar-refractivity contribution in [2.24, 2.45) is 5.92 Å². The molecule has 0 amide bonds. The van der Waals surface area contributed by atoms with E-state index in [1.165, 1.54) is 83.5 Å². The van der Waals surface area contributed by atoms with Gasteiger partial charge < -0.3 is 29.5 Å². The van der Waals surface area contributed by atoms with Crippen molar-refractivity contribution in [2.75, 3.05) is 0 Å². The number of aliphatic hydroxyl groups excluding tert-OH is 3. The van der Waals surface area contributed by atoms with Crippen LogP contribution in [0.2, 0.25) is 0 Å². The molecular weight excluding hydrogens is 556 g/mol. The van der Waals surface area contributed by atoms with Gasteiger partial charge in [0, 0.05) is 0 Å². The molecule has 3 rings (SSSR count). The molecule has 3 saturated heterocycles. The molecule has 0 aromatic rings. The number of aliphatic hydroxyl groups is 3. The molecule has 0 unspecified atom stereocenters. The second kappa shape index (κ2) is 22.0. The van der Waals surface area contributed by atoms with E-state index in [2.05, 4.69) is 6.92 Å². The Morgan fingerprint density at radius 3 is 1.45 bits per heavy atom. The number of hydrogen-bond acceptors (Lipinski definition) is 7. The summed E-state index contributed by atoms with van der Waals surface area (Å²) in [6.07, 6.45) is 26.3. The quantitative estimate of drug-likeness (QED) is 0.0699. The first-order valence-corrected chi connectivity index (χ1v) is 19.0. The molecule has 3 N–H and O–H groups in total. The maximum Gasteiger partial charge on any atom is 0.312 e. The van der Waals surface area contributed by atoms with E-state index in [0.29, 0.717) is 0 Å². The van der Waals surface area contributed by atoms with Gasteiger partial charge in [-0.25, -0.2) is 0 Å². The number of ether oxygens (including phenoxy) is 3. The molecule has 0 aromatic heterocycles. The predicted molar refractivity (Wildman–Crippen MR) is 175 cm³/mol. The molecule has 0 aliphatic carbocycles. The number of carbonyl (C=O) groups is 1. The number of cyclic esters (lactones) is 1. The Morgan fingerprint density at radius 2 is 1.05 bits per heavy atom. The van der Waals surface area contributed by atoms with Crippen molar-refractivity contribution in [3.63, 3.8) is 0 Å². The summed E-state index contributed by atoms with van der Waals surface area (Å²) >= 11 is 0. The van der Waals surface area contributed by atoms with Crippen LogP contribution in [0.5, 0.6) is 0 Å². The van der Waals surface area contributed by atoms with Crippen molar-refractivity contribution in [2.45, 2.75) is 223 Å². The van der Waals surface area contributed by atoms with E-state index in [1.54, 1.807) is 6.92 Å². The van der Waals surface area contributed by atoms with Crippen LogP contribution in [-0.4, -0.2) is 70.1 Å². The van der Waals surface area contributed by atoms with E-state index < -0.39 is 6.10 Å². The zero-order valence-corrected chi connectivity index (χ0v) is 28.3. The minimum Gasteiger partial charge on any atom is -0.460 e. The summed E-state index contributed by atoms with van der Waals surface area (Å²) in [6.45, 7) is 4.02. The predicted octanol–water partition coefficient (Wildman–Crippen LogP) is 7.94. The minimum absolute atomic E-state index is 0.0554. The van der Waals surface area contributed by atoms with E-state index in [1.807, 2.05) is 0 Å². The Bertz CT molecular complexity index is 747. The van der Waals surface area contributed by atoms with E-state index in [0.717, 1.165) is 77.0 Å². The molecule has 3 aliphatic rings. The summed E-state index contributed by atoms with van der Waals surface area (Å²) < 4.78 is 17.7. The highest BCUT2D eigenvalue weighted by Gasteiger charge is 2.41.